The fraction of sp³-hybridized carbons (Fsp3) is 0. The van der Waals surface area contributed by atoms with Gasteiger partial charge in [0.1, 0.15) is 4.90 Å². The van der Waals surface area contributed by atoms with E-state index in [0.29, 0.717) is 0 Å². The van der Waals surface area contributed by atoms with E-state index in [2.05, 4.69) is 15.9 Å². The third-order valence-electron chi connectivity index (χ3n) is 1.25. The standard InChI is InChI=1S/C6H2BrCl2FO2S/c7-3-1-2-4(8)6(5(3)10)13(9,11)12/h1-2H. The van der Waals surface area contributed by atoms with Crippen molar-refractivity contribution >= 4 is 47.3 Å². The highest BCUT2D eigenvalue weighted by Crippen LogP contribution is 2.31. The van der Waals surface area contributed by atoms with Crippen LogP contribution < -0.4 is 0 Å². The van der Waals surface area contributed by atoms with Crippen LogP contribution in [0.4, 0.5) is 4.39 Å². The van der Waals surface area contributed by atoms with Gasteiger partial charge in [0.2, 0.25) is 0 Å². The topological polar surface area (TPSA) is 34.1 Å². The maximum Gasteiger partial charge on any atom is 0.265 e. The summed E-state index contributed by atoms with van der Waals surface area (Å²) in [6.07, 6.45) is 0. The van der Waals surface area contributed by atoms with E-state index in [0.717, 1.165) is 0 Å². The molecule has 0 fully saturated rings. The number of rotatable bonds is 1. The van der Waals surface area contributed by atoms with E-state index in [1.54, 1.807) is 0 Å². The van der Waals surface area contributed by atoms with E-state index < -0.39 is 19.8 Å². The molecule has 0 unspecified atom stereocenters. The van der Waals surface area contributed by atoms with Crippen molar-refractivity contribution in [2.24, 2.45) is 0 Å². The highest BCUT2D eigenvalue weighted by atomic mass is 79.9. The predicted molar refractivity (Wildman–Crippen MR) is 52.1 cm³/mol. The summed E-state index contributed by atoms with van der Waals surface area (Å²) in [6.45, 7) is 0. The molecule has 0 radical (unpaired) electrons. The monoisotopic (exact) mass is 306 g/mol. The van der Waals surface area contributed by atoms with Gasteiger partial charge in [-0.3, -0.25) is 0 Å². The van der Waals surface area contributed by atoms with Crippen molar-refractivity contribution < 1.29 is 12.8 Å². The Kier molecular flexibility index (Phi) is 3.22. The molecule has 7 heteroatoms. The molecular weight excluding hydrogens is 306 g/mol. The van der Waals surface area contributed by atoms with Crippen molar-refractivity contribution in [3.63, 3.8) is 0 Å². The van der Waals surface area contributed by atoms with Crippen LogP contribution in [0.15, 0.2) is 21.5 Å². The lowest BCUT2D eigenvalue weighted by Gasteiger charge is -2.02. The van der Waals surface area contributed by atoms with Gasteiger partial charge in [-0.1, -0.05) is 11.6 Å². The molecule has 0 saturated carbocycles. The van der Waals surface area contributed by atoms with Gasteiger partial charge in [-0.2, -0.15) is 0 Å². The van der Waals surface area contributed by atoms with Crippen LogP contribution in [0.1, 0.15) is 0 Å². The average Bonchev–Trinajstić information content (AvgIpc) is 1.95. The highest BCUT2D eigenvalue weighted by Gasteiger charge is 2.22. The van der Waals surface area contributed by atoms with Crippen LogP contribution in [0.25, 0.3) is 0 Å². The van der Waals surface area contributed by atoms with Crippen LogP contribution in [0.2, 0.25) is 5.02 Å². The molecule has 0 N–H and O–H groups in total. The first-order chi connectivity index (χ1) is 5.84. The SMILES string of the molecule is O=S(=O)(Cl)c1c(Cl)ccc(Br)c1F. The third kappa shape index (κ3) is 2.34. The Balaban J connectivity index is 3.62. The summed E-state index contributed by atoms with van der Waals surface area (Å²) in [6, 6.07) is 2.53. The van der Waals surface area contributed by atoms with Crippen LogP contribution in [0, 0.1) is 5.82 Å². The molecule has 0 bridgehead atoms. The molecule has 0 aliphatic carbocycles. The summed E-state index contributed by atoms with van der Waals surface area (Å²) in [5.41, 5.74) is 0. The fourth-order valence-corrected chi connectivity index (χ4v) is 2.84. The first-order valence-corrected chi connectivity index (χ1v) is 6.40. The lowest BCUT2D eigenvalue weighted by molar-refractivity contribution is 0.571. The first kappa shape index (κ1) is 11.2. The number of benzene rings is 1. The Bertz CT molecular complexity index is 446. The Morgan fingerprint density at radius 2 is 1.92 bits per heavy atom. The lowest BCUT2D eigenvalue weighted by atomic mass is 10.3. The van der Waals surface area contributed by atoms with Gasteiger partial charge in [-0.25, -0.2) is 12.8 Å². The molecule has 1 aromatic carbocycles. The zero-order chi connectivity index (χ0) is 10.2. The molecular formula is C6H2BrCl2FO2S. The molecule has 0 atom stereocenters. The quantitative estimate of drug-likeness (QED) is 0.590. The molecule has 1 aromatic rings. The van der Waals surface area contributed by atoms with Gasteiger partial charge >= 0.3 is 0 Å². The molecule has 0 aliphatic heterocycles. The van der Waals surface area contributed by atoms with E-state index >= 15 is 0 Å². The second-order valence-corrected chi connectivity index (χ2v) is 5.87. The van der Waals surface area contributed by atoms with Crippen LogP contribution in [0.3, 0.4) is 0 Å². The van der Waals surface area contributed by atoms with E-state index in [4.69, 9.17) is 22.3 Å². The molecule has 2 nitrogen and oxygen atoms in total. The van der Waals surface area contributed by atoms with Crippen LogP contribution in [-0.2, 0) is 9.05 Å². The van der Waals surface area contributed by atoms with Crippen LogP contribution in [-0.4, -0.2) is 8.42 Å². The Morgan fingerprint density at radius 1 is 1.38 bits per heavy atom. The maximum absolute atomic E-state index is 13.2. The van der Waals surface area contributed by atoms with Crippen molar-refractivity contribution in [3.05, 3.63) is 27.4 Å². The van der Waals surface area contributed by atoms with Gasteiger partial charge in [-0.05, 0) is 28.1 Å². The lowest BCUT2D eigenvalue weighted by Crippen LogP contribution is -1.97. The van der Waals surface area contributed by atoms with Crippen LogP contribution in [0.5, 0.6) is 0 Å². The molecule has 0 aliphatic rings. The molecule has 1 rings (SSSR count). The van der Waals surface area contributed by atoms with Gasteiger partial charge in [0, 0.05) is 10.7 Å². The summed E-state index contributed by atoms with van der Waals surface area (Å²) < 4.78 is 34.9. The highest BCUT2D eigenvalue weighted by molar-refractivity contribution is 9.10. The van der Waals surface area contributed by atoms with Gasteiger partial charge < -0.3 is 0 Å². The molecule has 72 valence electrons. The van der Waals surface area contributed by atoms with Gasteiger partial charge in [0.15, 0.2) is 5.82 Å². The molecule has 0 aromatic heterocycles. The minimum atomic E-state index is -4.15. The average molecular weight is 308 g/mol. The smallest absolute Gasteiger partial charge is 0.207 e. The van der Waals surface area contributed by atoms with Crippen molar-refractivity contribution in [2.45, 2.75) is 4.90 Å². The largest absolute Gasteiger partial charge is 0.265 e. The second kappa shape index (κ2) is 3.73. The summed E-state index contributed by atoms with van der Waals surface area (Å²) in [4.78, 5) is -0.704. The van der Waals surface area contributed by atoms with Gasteiger partial charge in [-0.15, -0.1) is 0 Å². The summed E-state index contributed by atoms with van der Waals surface area (Å²) in [5, 5.41) is -0.240. The summed E-state index contributed by atoms with van der Waals surface area (Å²) in [7, 11) is 0.817. The molecule has 0 saturated heterocycles. The number of hydrogen-bond acceptors (Lipinski definition) is 2. The van der Waals surface area contributed by atoms with E-state index in [1.165, 1.54) is 12.1 Å². The fourth-order valence-electron chi connectivity index (χ4n) is 0.732. The Morgan fingerprint density at radius 3 is 2.31 bits per heavy atom. The predicted octanol–water partition coefficient (Wildman–Crippen LogP) is 3.17. The molecule has 13 heavy (non-hydrogen) atoms. The number of halogens is 4. The van der Waals surface area contributed by atoms with Crippen molar-refractivity contribution in [1.29, 1.82) is 0 Å². The Labute approximate surface area is 92.2 Å². The van der Waals surface area contributed by atoms with Crippen LogP contribution >= 0.6 is 38.2 Å². The molecule has 0 amide bonds. The van der Waals surface area contributed by atoms with Crippen molar-refractivity contribution in [1.82, 2.24) is 0 Å². The first-order valence-electron chi connectivity index (χ1n) is 2.92. The molecule has 0 spiro atoms. The van der Waals surface area contributed by atoms with E-state index in [9.17, 15) is 12.8 Å². The third-order valence-corrected chi connectivity index (χ3v) is 3.63. The van der Waals surface area contributed by atoms with Crippen molar-refractivity contribution in [3.8, 4) is 0 Å². The second-order valence-electron chi connectivity index (χ2n) is 2.11. The maximum atomic E-state index is 13.2. The summed E-state index contributed by atoms with van der Waals surface area (Å²) >= 11 is 8.28. The summed E-state index contributed by atoms with van der Waals surface area (Å²) in [5.74, 6) is -0.984. The van der Waals surface area contributed by atoms with Gasteiger partial charge in [0.05, 0.1) is 9.50 Å². The Hall–Kier alpha value is 0.160. The van der Waals surface area contributed by atoms with E-state index in [-0.39, 0.29) is 9.50 Å². The minimum absolute atomic E-state index is 0.00359. The minimum Gasteiger partial charge on any atom is -0.207 e. The zero-order valence-electron chi connectivity index (χ0n) is 5.89. The van der Waals surface area contributed by atoms with Crippen molar-refractivity contribution in [2.75, 3.05) is 0 Å². The normalized spacial score (nSPS) is 11.7. The van der Waals surface area contributed by atoms with Gasteiger partial charge in [0.25, 0.3) is 9.05 Å². The molecule has 0 heterocycles. The van der Waals surface area contributed by atoms with E-state index in [1.807, 2.05) is 0 Å². The zero-order valence-corrected chi connectivity index (χ0v) is 9.81. The number of hydrogen-bond donors (Lipinski definition) is 0.